The van der Waals surface area contributed by atoms with Crippen LogP contribution in [0.3, 0.4) is 0 Å². The Morgan fingerprint density at radius 2 is 1.68 bits per heavy atom. The molecule has 0 fully saturated rings. The van der Waals surface area contributed by atoms with Crippen molar-refractivity contribution in [2.75, 3.05) is 0 Å². The van der Waals surface area contributed by atoms with Crippen LogP contribution in [-0.2, 0) is 11.3 Å². The van der Waals surface area contributed by atoms with Crippen LogP contribution in [0, 0.1) is 0 Å². The molecule has 1 atom stereocenters. The van der Waals surface area contributed by atoms with Gasteiger partial charge in [-0.1, -0.05) is 69.9 Å². The highest BCUT2D eigenvalue weighted by Gasteiger charge is 2.25. The molecule has 0 heterocycles. The third-order valence-electron chi connectivity index (χ3n) is 3.41. The van der Waals surface area contributed by atoms with Crippen molar-refractivity contribution in [2.24, 2.45) is 0 Å². The highest BCUT2D eigenvalue weighted by Crippen LogP contribution is 2.24. The Morgan fingerprint density at radius 1 is 0.947 bits per heavy atom. The normalized spacial score (nSPS) is 14.3. The van der Waals surface area contributed by atoms with E-state index in [1.807, 2.05) is 30.3 Å². The second-order valence-electron chi connectivity index (χ2n) is 5.28. The van der Waals surface area contributed by atoms with Gasteiger partial charge in [0.05, 0.1) is 6.61 Å². The van der Waals surface area contributed by atoms with Gasteiger partial charge in [-0.15, -0.1) is 0 Å². The summed E-state index contributed by atoms with van der Waals surface area (Å²) in [6, 6.07) is 10.1. The molecule has 108 valence electrons. The van der Waals surface area contributed by atoms with E-state index in [2.05, 4.69) is 13.8 Å². The largest absolute Gasteiger partial charge is 0.365 e. The minimum atomic E-state index is -0.946. The van der Waals surface area contributed by atoms with Crippen molar-refractivity contribution in [1.82, 2.24) is 0 Å². The summed E-state index contributed by atoms with van der Waals surface area (Å²) in [6.45, 7) is 4.78. The average Bonchev–Trinajstić information content (AvgIpc) is 2.43. The first-order valence-corrected chi connectivity index (χ1v) is 7.60. The van der Waals surface area contributed by atoms with Crippen LogP contribution in [0.15, 0.2) is 30.3 Å². The Hall–Kier alpha value is -0.860. The number of benzene rings is 1. The third-order valence-corrected chi connectivity index (χ3v) is 3.41. The molecule has 19 heavy (non-hydrogen) atoms. The first-order valence-electron chi connectivity index (χ1n) is 7.60. The number of aliphatic hydroxyl groups is 1. The Kier molecular flexibility index (Phi) is 7.76. The predicted octanol–water partition coefficient (Wildman–Crippen LogP) is 4.66. The number of unbranched alkanes of at least 4 members (excludes halogenated alkanes) is 3. The maximum Gasteiger partial charge on any atom is 0.165 e. The summed E-state index contributed by atoms with van der Waals surface area (Å²) in [5, 5.41) is 10.5. The Labute approximate surface area is 117 Å². The van der Waals surface area contributed by atoms with E-state index in [9.17, 15) is 5.11 Å². The van der Waals surface area contributed by atoms with Crippen LogP contribution >= 0.6 is 0 Å². The van der Waals surface area contributed by atoms with Gasteiger partial charge in [0.1, 0.15) is 0 Å². The van der Waals surface area contributed by atoms with Crippen molar-refractivity contribution in [3.8, 4) is 0 Å². The highest BCUT2D eigenvalue weighted by molar-refractivity contribution is 5.13. The van der Waals surface area contributed by atoms with Gasteiger partial charge in [-0.2, -0.15) is 0 Å². The molecule has 0 aliphatic carbocycles. The molecular formula is C17H28O2. The lowest BCUT2D eigenvalue weighted by atomic mass is 10.0. The zero-order chi connectivity index (χ0) is 14.0. The summed E-state index contributed by atoms with van der Waals surface area (Å²) in [4.78, 5) is 0. The third kappa shape index (κ3) is 6.74. The van der Waals surface area contributed by atoms with Gasteiger partial charge in [-0.25, -0.2) is 0 Å². The molecule has 2 heteroatoms. The van der Waals surface area contributed by atoms with E-state index in [1.165, 1.54) is 19.3 Å². The molecular weight excluding hydrogens is 236 g/mol. The maximum atomic E-state index is 10.5. The van der Waals surface area contributed by atoms with E-state index < -0.39 is 5.79 Å². The monoisotopic (exact) mass is 264 g/mol. The number of ether oxygens (including phenoxy) is 1. The lowest BCUT2D eigenvalue weighted by Crippen LogP contribution is -2.32. The van der Waals surface area contributed by atoms with Crippen molar-refractivity contribution in [1.29, 1.82) is 0 Å². The maximum absolute atomic E-state index is 10.5. The van der Waals surface area contributed by atoms with Crippen LogP contribution in [-0.4, -0.2) is 10.9 Å². The van der Waals surface area contributed by atoms with Crippen LogP contribution in [0.5, 0.6) is 0 Å². The van der Waals surface area contributed by atoms with Gasteiger partial charge in [0.15, 0.2) is 5.79 Å². The number of rotatable bonds is 10. The molecule has 0 aliphatic rings. The van der Waals surface area contributed by atoms with Crippen LogP contribution in [0.4, 0.5) is 0 Å². The molecule has 0 saturated heterocycles. The first kappa shape index (κ1) is 16.2. The van der Waals surface area contributed by atoms with E-state index in [0.29, 0.717) is 13.0 Å². The van der Waals surface area contributed by atoms with Crippen molar-refractivity contribution >= 4 is 0 Å². The molecule has 1 rings (SSSR count). The second-order valence-corrected chi connectivity index (χ2v) is 5.28. The fraction of sp³-hybridized carbons (Fsp3) is 0.647. The van der Waals surface area contributed by atoms with Gasteiger partial charge in [-0.3, -0.25) is 0 Å². The average molecular weight is 264 g/mol. The van der Waals surface area contributed by atoms with Crippen molar-refractivity contribution in [3.05, 3.63) is 35.9 Å². The van der Waals surface area contributed by atoms with Crippen molar-refractivity contribution < 1.29 is 9.84 Å². The lowest BCUT2D eigenvalue weighted by molar-refractivity contribution is -0.220. The zero-order valence-electron chi connectivity index (χ0n) is 12.4. The summed E-state index contributed by atoms with van der Waals surface area (Å²) >= 11 is 0. The molecule has 1 aromatic rings. The number of hydrogen-bond acceptors (Lipinski definition) is 2. The number of hydrogen-bond donors (Lipinski definition) is 1. The highest BCUT2D eigenvalue weighted by atomic mass is 16.6. The molecule has 0 amide bonds. The molecule has 1 N–H and O–H groups in total. The predicted molar refractivity (Wildman–Crippen MR) is 79.8 cm³/mol. The van der Waals surface area contributed by atoms with E-state index >= 15 is 0 Å². The molecule has 0 aromatic heterocycles. The van der Waals surface area contributed by atoms with E-state index in [-0.39, 0.29) is 0 Å². The van der Waals surface area contributed by atoms with Crippen molar-refractivity contribution in [3.63, 3.8) is 0 Å². The Morgan fingerprint density at radius 3 is 2.32 bits per heavy atom. The van der Waals surface area contributed by atoms with Crippen LogP contribution < -0.4 is 0 Å². The summed E-state index contributed by atoms with van der Waals surface area (Å²) in [5.41, 5.74) is 1.12. The van der Waals surface area contributed by atoms with Gasteiger partial charge in [0.25, 0.3) is 0 Å². The summed E-state index contributed by atoms with van der Waals surface area (Å²) in [6.07, 6.45) is 7.08. The molecule has 0 saturated carbocycles. The standard InChI is InChI=1S/C17H28O2/c1-3-5-6-10-14-17(18,13-4-2)19-15-16-11-8-7-9-12-16/h7-9,11-12,18H,3-6,10,13-15H2,1-2H3. The van der Waals surface area contributed by atoms with E-state index in [0.717, 1.165) is 24.8 Å². The molecule has 1 aromatic carbocycles. The minimum absolute atomic E-state index is 0.491. The van der Waals surface area contributed by atoms with Gasteiger partial charge >= 0.3 is 0 Å². The summed E-state index contributed by atoms with van der Waals surface area (Å²) in [5.74, 6) is -0.946. The second kappa shape index (κ2) is 9.11. The first-order chi connectivity index (χ1) is 9.20. The minimum Gasteiger partial charge on any atom is -0.365 e. The van der Waals surface area contributed by atoms with Gasteiger partial charge in [0, 0.05) is 12.8 Å². The Bertz CT molecular complexity index is 323. The quantitative estimate of drug-likeness (QED) is 0.492. The van der Waals surface area contributed by atoms with Crippen LogP contribution in [0.2, 0.25) is 0 Å². The topological polar surface area (TPSA) is 29.5 Å². The van der Waals surface area contributed by atoms with Gasteiger partial charge in [0.2, 0.25) is 0 Å². The molecule has 0 aliphatic heterocycles. The van der Waals surface area contributed by atoms with Crippen LogP contribution in [0.1, 0.15) is 64.4 Å². The van der Waals surface area contributed by atoms with Gasteiger partial charge in [-0.05, 0) is 12.0 Å². The Balaban J connectivity index is 2.41. The molecule has 0 bridgehead atoms. The van der Waals surface area contributed by atoms with E-state index in [4.69, 9.17) is 4.74 Å². The lowest BCUT2D eigenvalue weighted by Gasteiger charge is -2.28. The summed E-state index contributed by atoms with van der Waals surface area (Å²) < 4.78 is 5.79. The van der Waals surface area contributed by atoms with Crippen LogP contribution in [0.25, 0.3) is 0 Å². The molecule has 1 unspecified atom stereocenters. The zero-order valence-corrected chi connectivity index (χ0v) is 12.4. The smallest absolute Gasteiger partial charge is 0.165 e. The molecule has 0 radical (unpaired) electrons. The fourth-order valence-corrected chi connectivity index (χ4v) is 2.28. The van der Waals surface area contributed by atoms with Crippen molar-refractivity contribution in [2.45, 2.75) is 71.2 Å². The fourth-order valence-electron chi connectivity index (χ4n) is 2.28. The molecule has 0 spiro atoms. The van der Waals surface area contributed by atoms with E-state index in [1.54, 1.807) is 0 Å². The summed E-state index contributed by atoms with van der Waals surface area (Å²) in [7, 11) is 0. The SMILES string of the molecule is CCCCCCC(O)(CCC)OCc1ccccc1. The van der Waals surface area contributed by atoms with Gasteiger partial charge < -0.3 is 9.84 Å². The molecule has 2 nitrogen and oxygen atoms in total.